The Bertz CT molecular complexity index is 1950. The normalized spacial score (nSPS) is 12.0. The molecule has 8 heteroatoms. The van der Waals surface area contributed by atoms with Gasteiger partial charge in [-0.1, -0.05) is 18.1 Å². The van der Waals surface area contributed by atoms with Gasteiger partial charge in [0.05, 0.1) is 11.1 Å². The van der Waals surface area contributed by atoms with E-state index < -0.39 is 0 Å². The molecule has 0 atom stereocenters. The van der Waals surface area contributed by atoms with Crippen molar-refractivity contribution in [2.24, 2.45) is 7.05 Å². The maximum absolute atomic E-state index is 6.10. The van der Waals surface area contributed by atoms with Gasteiger partial charge >= 0.3 is 0 Å². The molecule has 0 amide bonds. The van der Waals surface area contributed by atoms with Crippen LogP contribution in [0.1, 0.15) is 17.0 Å². The lowest BCUT2D eigenvalue weighted by molar-refractivity contribution is 0.461. The molecule has 38 heavy (non-hydrogen) atoms. The number of aromatic nitrogens is 6. The summed E-state index contributed by atoms with van der Waals surface area (Å²) in [5.74, 6) is 4.65. The van der Waals surface area contributed by atoms with Crippen LogP contribution < -0.4 is 10.1 Å². The molecule has 7 rings (SSSR count). The van der Waals surface area contributed by atoms with E-state index in [9.17, 15) is 0 Å². The number of benzene rings is 1. The highest BCUT2D eigenvalue weighted by molar-refractivity contribution is 6.09. The van der Waals surface area contributed by atoms with Crippen LogP contribution in [-0.4, -0.2) is 29.5 Å². The largest absolute Gasteiger partial charge is 0.439 e. The number of hydrogen-bond donors (Lipinski definition) is 1. The van der Waals surface area contributed by atoms with Gasteiger partial charge < -0.3 is 14.6 Å². The summed E-state index contributed by atoms with van der Waals surface area (Å²) >= 11 is 0. The van der Waals surface area contributed by atoms with Crippen LogP contribution in [0.25, 0.3) is 44.5 Å². The third kappa shape index (κ3) is 3.44. The van der Waals surface area contributed by atoms with Crippen LogP contribution in [0.2, 0.25) is 0 Å². The first-order valence-electron chi connectivity index (χ1n) is 12.1. The second kappa shape index (κ2) is 8.39. The van der Waals surface area contributed by atoms with E-state index in [4.69, 9.17) is 11.2 Å². The number of fused-ring (bicyclic) bond motifs is 3. The molecule has 0 saturated carbocycles. The van der Waals surface area contributed by atoms with Crippen molar-refractivity contribution in [2.45, 2.75) is 13.5 Å². The highest BCUT2D eigenvalue weighted by Gasteiger charge is 2.27. The van der Waals surface area contributed by atoms with Gasteiger partial charge in [-0.15, -0.1) is 6.42 Å². The molecule has 1 aliphatic rings. The van der Waals surface area contributed by atoms with Crippen LogP contribution in [0.3, 0.4) is 0 Å². The summed E-state index contributed by atoms with van der Waals surface area (Å²) in [6.45, 7) is 2.53. The van der Waals surface area contributed by atoms with Gasteiger partial charge in [-0.25, -0.2) is 24.9 Å². The van der Waals surface area contributed by atoms with Crippen molar-refractivity contribution in [3.05, 3.63) is 84.1 Å². The molecule has 0 spiro atoms. The number of terminal acetylenes is 1. The molecule has 8 nitrogen and oxygen atoms in total. The molecule has 1 N–H and O–H groups in total. The van der Waals surface area contributed by atoms with Crippen molar-refractivity contribution in [1.82, 2.24) is 29.5 Å². The standard InChI is InChI=1S/C30H21N7O/c1-4-21-9-8-18-12-20(15-31-28(18)36-21)27-25-23-11-10-22(38-24-7-5-6-17(2)35-24)13-19(23)14-32-29-26(25)30(37(27)3)34-16-33-29/h1,5-13,15-16H,14H2,2-3H3,(H,32,33,34). The molecule has 0 aliphatic carbocycles. The van der Waals surface area contributed by atoms with Crippen LogP contribution in [0, 0.1) is 19.3 Å². The van der Waals surface area contributed by atoms with Crippen molar-refractivity contribution < 1.29 is 4.74 Å². The number of nitrogens with one attached hydrogen (secondary N) is 1. The summed E-state index contributed by atoms with van der Waals surface area (Å²) in [5.41, 5.74) is 8.07. The molecule has 0 unspecified atom stereocenters. The summed E-state index contributed by atoms with van der Waals surface area (Å²) < 4.78 is 8.20. The van der Waals surface area contributed by atoms with Crippen LogP contribution in [-0.2, 0) is 13.6 Å². The Labute approximate surface area is 218 Å². The molecule has 0 radical (unpaired) electrons. The third-order valence-electron chi connectivity index (χ3n) is 6.81. The number of ether oxygens (including phenoxy) is 1. The first-order valence-corrected chi connectivity index (χ1v) is 12.1. The third-order valence-corrected chi connectivity index (χ3v) is 6.81. The van der Waals surface area contributed by atoms with Crippen LogP contribution in [0.5, 0.6) is 11.6 Å². The minimum absolute atomic E-state index is 0.562. The molecule has 6 heterocycles. The molecule has 1 aromatic carbocycles. The second-order valence-corrected chi connectivity index (χ2v) is 9.21. The Kier molecular flexibility index (Phi) is 4.85. The van der Waals surface area contributed by atoms with E-state index in [2.05, 4.69) is 58.9 Å². The van der Waals surface area contributed by atoms with Gasteiger partial charge in [0.15, 0.2) is 5.65 Å². The van der Waals surface area contributed by atoms with Gasteiger partial charge in [0, 0.05) is 48.1 Å². The van der Waals surface area contributed by atoms with Crippen LogP contribution >= 0.6 is 0 Å². The first-order chi connectivity index (χ1) is 18.6. The van der Waals surface area contributed by atoms with Crippen molar-refractivity contribution in [1.29, 1.82) is 0 Å². The SMILES string of the molecule is C#Cc1ccc2cc(-c3c4c5c(ncnc5n3C)NCc3cc(Oc5cccc(C)n5)ccc3-4)cnc2n1. The molecular formula is C30H21N7O. The minimum atomic E-state index is 0.562. The summed E-state index contributed by atoms with van der Waals surface area (Å²) in [7, 11) is 2.02. The molecule has 0 fully saturated rings. The highest BCUT2D eigenvalue weighted by atomic mass is 16.5. The Morgan fingerprint density at radius 3 is 2.82 bits per heavy atom. The maximum atomic E-state index is 6.10. The van der Waals surface area contributed by atoms with E-state index in [1.165, 1.54) is 0 Å². The lowest BCUT2D eigenvalue weighted by atomic mass is 9.95. The van der Waals surface area contributed by atoms with Crippen molar-refractivity contribution >= 4 is 27.9 Å². The zero-order valence-electron chi connectivity index (χ0n) is 20.7. The van der Waals surface area contributed by atoms with E-state index >= 15 is 0 Å². The summed E-state index contributed by atoms with van der Waals surface area (Å²) in [4.78, 5) is 22.8. The van der Waals surface area contributed by atoms with Crippen LogP contribution in [0.4, 0.5) is 5.82 Å². The number of aryl methyl sites for hydroxylation is 2. The van der Waals surface area contributed by atoms with Gasteiger partial charge in [0.2, 0.25) is 5.88 Å². The fourth-order valence-corrected chi connectivity index (χ4v) is 5.11. The number of hydrogen-bond acceptors (Lipinski definition) is 7. The van der Waals surface area contributed by atoms with E-state index in [-0.39, 0.29) is 0 Å². The van der Waals surface area contributed by atoms with Crippen molar-refractivity contribution in [3.8, 4) is 46.4 Å². The molecule has 1 aliphatic heterocycles. The average Bonchev–Trinajstić information content (AvgIpc) is 3.13. The van der Waals surface area contributed by atoms with E-state index in [0.717, 1.165) is 61.6 Å². The van der Waals surface area contributed by atoms with Crippen molar-refractivity contribution in [2.75, 3.05) is 5.32 Å². The predicted octanol–water partition coefficient (Wildman–Crippen LogP) is 5.65. The lowest BCUT2D eigenvalue weighted by Crippen LogP contribution is -2.03. The van der Waals surface area contributed by atoms with E-state index in [0.29, 0.717) is 23.8 Å². The Balaban J connectivity index is 1.42. The first kappa shape index (κ1) is 21.9. The van der Waals surface area contributed by atoms with E-state index in [1.54, 1.807) is 6.33 Å². The Hall–Kier alpha value is -5.29. The smallest absolute Gasteiger partial charge is 0.219 e. The second-order valence-electron chi connectivity index (χ2n) is 9.21. The zero-order valence-corrected chi connectivity index (χ0v) is 20.7. The quantitative estimate of drug-likeness (QED) is 0.317. The number of pyridine rings is 3. The molecule has 6 aromatic rings. The topological polar surface area (TPSA) is 90.6 Å². The summed E-state index contributed by atoms with van der Waals surface area (Å²) in [6.07, 6.45) is 8.96. The van der Waals surface area contributed by atoms with Gasteiger partial charge in [0.1, 0.15) is 29.2 Å². The average molecular weight is 496 g/mol. The minimum Gasteiger partial charge on any atom is -0.439 e. The summed E-state index contributed by atoms with van der Waals surface area (Å²) in [5, 5.41) is 5.38. The van der Waals surface area contributed by atoms with E-state index in [1.807, 2.05) is 56.6 Å². The predicted molar refractivity (Wildman–Crippen MR) is 147 cm³/mol. The zero-order chi connectivity index (χ0) is 25.8. The van der Waals surface area contributed by atoms with Crippen molar-refractivity contribution in [3.63, 3.8) is 0 Å². The molecular weight excluding hydrogens is 474 g/mol. The van der Waals surface area contributed by atoms with Gasteiger partial charge in [-0.2, -0.15) is 0 Å². The molecule has 0 bridgehead atoms. The Morgan fingerprint density at radius 1 is 1.03 bits per heavy atom. The van der Waals surface area contributed by atoms with Gasteiger partial charge in [-0.3, -0.25) is 0 Å². The monoisotopic (exact) mass is 495 g/mol. The van der Waals surface area contributed by atoms with Gasteiger partial charge in [0.25, 0.3) is 0 Å². The number of nitrogens with zero attached hydrogens (tertiary/aromatic N) is 6. The Morgan fingerprint density at radius 2 is 1.95 bits per heavy atom. The summed E-state index contributed by atoms with van der Waals surface area (Å²) in [6, 6.07) is 17.7. The molecule has 0 saturated heterocycles. The number of anilines is 1. The fourth-order valence-electron chi connectivity index (χ4n) is 5.11. The highest BCUT2D eigenvalue weighted by Crippen LogP contribution is 2.46. The molecule has 182 valence electrons. The van der Waals surface area contributed by atoms with Gasteiger partial charge in [-0.05, 0) is 54.4 Å². The van der Waals surface area contributed by atoms with Crippen LogP contribution in [0.15, 0.2) is 67.1 Å². The number of rotatable bonds is 3. The molecule has 5 aromatic heterocycles. The maximum Gasteiger partial charge on any atom is 0.219 e. The fraction of sp³-hybridized carbons (Fsp3) is 0.100. The lowest BCUT2D eigenvalue weighted by Gasteiger charge is -2.14.